The number of fused-ring (bicyclic) bond motifs is 1. The van der Waals surface area contributed by atoms with Gasteiger partial charge in [-0.05, 0) is 58.1 Å². The van der Waals surface area contributed by atoms with Crippen molar-refractivity contribution in [2.75, 3.05) is 5.32 Å². The molecule has 4 rings (SSSR count). The first-order chi connectivity index (χ1) is 11.6. The van der Waals surface area contributed by atoms with Crippen molar-refractivity contribution >= 4 is 38.4 Å². The number of pyridine rings is 2. The van der Waals surface area contributed by atoms with Crippen molar-refractivity contribution in [3.63, 3.8) is 0 Å². The van der Waals surface area contributed by atoms with Crippen LogP contribution in [0.3, 0.4) is 0 Å². The second-order valence-electron chi connectivity index (χ2n) is 5.88. The maximum Gasteiger partial charge on any atom is 0.229 e. The van der Waals surface area contributed by atoms with E-state index in [2.05, 4.69) is 31.2 Å². The Bertz CT molecular complexity index is 932. The first kappa shape index (κ1) is 15.2. The maximum absolute atomic E-state index is 13.5. The standard InChI is InChI=1S/C18H13BrFN3O/c19-14-5-10-7-17(22-9-11(10)6-15(14)20)23-18(24)13-8-12(13)16-3-1-2-4-21-16/h1-7,9,12-13H,8H2,(H,22,23,24)/t12-,13-/m1/s1. The van der Waals surface area contributed by atoms with Crippen molar-refractivity contribution in [2.24, 2.45) is 5.92 Å². The predicted octanol–water partition coefficient (Wildman–Crippen LogP) is 4.27. The molecule has 1 saturated carbocycles. The average Bonchev–Trinajstić information content (AvgIpc) is 3.38. The highest BCUT2D eigenvalue weighted by Gasteiger charge is 2.44. The third kappa shape index (κ3) is 2.89. The summed E-state index contributed by atoms with van der Waals surface area (Å²) in [6.07, 6.45) is 4.10. The third-order valence-corrected chi connectivity index (χ3v) is 4.81. The normalized spacial score (nSPS) is 19.2. The average molecular weight is 386 g/mol. The number of anilines is 1. The number of carbonyl (C=O) groups excluding carboxylic acids is 1. The SMILES string of the molecule is O=C(Nc1cc2cc(Br)c(F)cc2cn1)[C@@H]1C[C@H]1c1ccccn1. The zero-order valence-electron chi connectivity index (χ0n) is 12.5. The lowest BCUT2D eigenvalue weighted by Crippen LogP contribution is -2.15. The van der Waals surface area contributed by atoms with Gasteiger partial charge in [0.15, 0.2) is 0 Å². The van der Waals surface area contributed by atoms with Crippen LogP contribution in [0.5, 0.6) is 0 Å². The van der Waals surface area contributed by atoms with Gasteiger partial charge in [-0.1, -0.05) is 6.07 Å². The molecule has 1 aliphatic carbocycles. The van der Waals surface area contributed by atoms with Gasteiger partial charge in [0.05, 0.1) is 4.47 Å². The number of nitrogens with one attached hydrogen (secondary N) is 1. The van der Waals surface area contributed by atoms with Crippen LogP contribution in [0.15, 0.2) is 53.3 Å². The Morgan fingerprint density at radius 2 is 2.08 bits per heavy atom. The van der Waals surface area contributed by atoms with Crippen LogP contribution >= 0.6 is 15.9 Å². The molecular formula is C18H13BrFN3O. The van der Waals surface area contributed by atoms with Crippen LogP contribution in [0, 0.1) is 11.7 Å². The van der Waals surface area contributed by atoms with E-state index >= 15 is 0 Å². The molecule has 1 fully saturated rings. The topological polar surface area (TPSA) is 54.9 Å². The van der Waals surface area contributed by atoms with E-state index in [0.29, 0.717) is 15.7 Å². The second kappa shape index (κ2) is 5.94. The molecule has 0 bridgehead atoms. The molecule has 1 aliphatic rings. The van der Waals surface area contributed by atoms with Gasteiger partial charge in [-0.25, -0.2) is 9.37 Å². The molecule has 1 aromatic carbocycles. The lowest BCUT2D eigenvalue weighted by Gasteiger charge is -2.06. The first-order valence-corrected chi connectivity index (χ1v) is 8.38. The molecule has 1 amide bonds. The smallest absolute Gasteiger partial charge is 0.229 e. The van der Waals surface area contributed by atoms with E-state index in [1.807, 2.05) is 18.2 Å². The number of hydrogen-bond donors (Lipinski definition) is 1. The highest BCUT2D eigenvalue weighted by Crippen LogP contribution is 2.47. The van der Waals surface area contributed by atoms with E-state index in [-0.39, 0.29) is 23.6 Å². The van der Waals surface area contributed by atoms with Gasteiger partial charge in [0.25, 0.3) is 0 Å². The van der Waals surface area contributed by atoms with Crippen LogP contribution in [0.2, 0.25) is 0 Å². The van der Waals surface area contributed by atoms with Gasteiger partial charge in [-0.3, -0.25) is 9.78 Å². The zero-order chi connectivity index (χ0) is 16.7. The zero-order valence-corrected chi connectivity index (χ0v) is 14.1. The van der Waals surface area contributed by atoms with Gasteiger partial charge in [-0.2, -0.15) is 0 Å². The number of aromatic nitrogens is 2. The van der Waals surface area contributed by atoms with Crippen molar-refractivity contribution in [3.8, 4) is 0 Å². The maximum atomic E-state index is 13.5. The van der Waals surface area contributed by atoms with E-state index in [1.54, 1.807) is 24.5 Å². The van der Waals surface area contributed by atoms with Crippen molar-refractivity contribution in [3.05, 3.63) is 64.8 Å². The van der Waals surface area contributed by atoms with E-state index in [9.17, 15) is 9.18 Å². The van der Waals surface area contributed by atoms with Gasteiger partial charge in [-0.15, -0.1) is 0 Å². The van der Waals surface area contributed by atoms with Gasteiger partial charge in [0.1, 0.15) is 11.6 Å². The monoisotopic (exact) mass is 385 g/mol. The minimum Gasteiger partial charge on any atom is -0.310 e. The summed E-state index contributed by atoms with van der Waals surface area (Å²) in [5, 5.41) is 4.34. The van der Waals surface area contributed by atoms with Crippen molar-refractivity contribution in [2.45, 2.75) is 12.3 Å². The van der Waals surface area contributed by atoms with E-state index in [1.165, 1.54) is 6.07 Å². The third-order valence-electron chi connectivity index (χ3n) is 4.21. The molecule has 3 aromatic rings. The molecule has 0 radical (unpaired) electrons. The van der Waals surface area contributed by atoms with Gasteiger partial charge < -0.3 is 5.32 Å². The summed E-state index contributed by atoms with van der Waals surface area (Å²) in [5.41, 5.74) is 0.948. The number of nitrogens with zero attached hydrogens (tertiary/aromatic N) is 2. The summed E-state index contributed by atoms with van der Waals surface area (Å²) in [6, 6.07) is 10.6. The molecule has 0 aliphatic heterocycles. The number of carbonyl (C=O) groups is 1. The number of amides is 1. The molecule has 120 valence electrons. The number of rotatable bonds is 3. The van der Waals surface area contributed by atoms with Gasteiger partial charge in [0.2, 0.25) is 5.91 Å². The van der Waals surface area contributed by atoms with E-state index in [0.717, 1.165) is 17.5 Å². The fourth-order valence-corrected chi connectivity index (χ4v) is 3.19. The first-order valence-electron chi connectivity index (χ1n) is 7.58. The molecule has 1 N–H and O–H groups in total. The molecule has 2 atom stereocenters. The fraction of sp³-hybridized carbons (Fsp3) is 0.167. The number of benzene rings is 1. The van der Waals surface area contributed by atoms with Crippen LogP contribution in [-0.2, 0) is 4.79 Å². The summed E-state index contributed by atoms with van der Waals surface area (Å²) >= 11 is 3.17. The molecule has 0 saturated heterocycles. The van der Waals surface area contributed by atoms with E-state index < -0.39 is 0 Å². The summed E-state index contributed by atoms with van der Waals surface area (Å²) in [6.45, 7) is 0. The molecule has 0 unspecified atom stereocenters. The van der Waals surface area contributed by atoms with Crippen LogP contribution in [0.1, 0.15) is 18.0 Å². The molecular weight excluding hydrogens is 373 g/mol. The molecule has 0 spiro atoms. The highest BCUT2D eigenvalue weighted by molar-refractivity contribution is 9.10. The van der Waals surface area contributed by atoms with Crippen LogP contribution in [0.25, 0.3) is 10.8 Å². The Morgan fingerprint density at radius 1 is 1.21 bits per heavy atom. The summed E-state index contributed by atoms with van der Waals surface area (Å²) in [7, 11) is 0. The predicted molar refractivity (Wildman–Crippen MR) is 93.1 cm³/mol. The Morgan fingerprint density at radius 3 is 2.88 bits per heavy atom. The Hall–Kier alpha value is -2.34. The minimum atomic E-state index is -0.336. The molecule has 6 heteroatoms. The van der Waals surface area contributed by atoms with Crippen LogP contribution in [-0.4, -0.2) is 15.9 Å². The molecule has 24 heavy (non-hydrogen) atoms. The summed E-state index contributed by atoms with van der Waals surface area (Å²) < 4.78 is 13.9. The largest absolute Gasteiger partial charge is 0.310 e. The molecule has 4 nitrogen and oxygen atoms in total. The summed E-state index contributed by atoms with van der Waals surface area (Å²) in [4.78, 5) is 20.9. The van der Waals surface area contributed by atoms with Crippen molar-refractivity contribution in [1.82, 2.24) is 9.97 Å². The quantitative estimate of drug-likeness (QED) is 0.732. The van der Waals surface area contributed by atoms with Gasteiger partial charge >= 0.3 is 0 Å². The number of halogens is 2. The Kier molecular flexibility index (Phi) is 3.76. The Labute approximate surface area is 146 Å². The molecule has 2 aromatic heterocycles. The lowest BCUT2D eigenvalue weighted by atomic mass is 10.1. The van der Waals surface area contributed by atoms with Crippen molar-refractivity contribution in [1.29, 1.82) is 0 Å². The van der Waals surface area contributed by atoms with Gasteiger partial charge in [0, 0.05) is 35.3 Å². The van der Waals surface area contributed by atoms with Crippen LogP contribution in [0.4, 0.5) is 10.2 Å². The number of hydrogen-bond acceptors (Lipinski definition) is 3. The van der Waals surface area contributed by atoms with Crippen LogP contribution < -0.4 is 5.32 Å². The van der Waals surface area contributed by atoms with Crippen molar-refractivity contribution < 1.29 is 9.18 Å². The molecule has 2 heterocycles. The minimum absolute atomic E-state index is 0.0568. The Balaban J connectivity index is 1.50. The summed E-state index contributed by atoms with van der Waals surface area (Å²) in [5.74, 6) is 0.181. The second-order valence-corrected chi connectivity index (χ2v) is 6.73. The highest BCUT2D eigenvalue weighted by atomic mass is 79.9. The fourth-order valence-electron chi connectivity index (χ4n) is 2.83. The lowest BCUT2D eigenvalue weighted by molar-refractivity contribution is -0.117. The van der Waals surface area contributed by atoms with E-state index in [4.69, 9.17) is 0 Å².